The number of carbonyl (C=O) groups is 1. The molecule has 0 bridgehead atoms. The average molecular weight is 349 g/mol. The van der Waals surface area contributed by atoms with E-state index in [1.54, 1.807) is 0 Å². The van der Waals surface area contributed by atoms with Gasteiger partial charge in [-0.1, -0.05) is 50.9 Å². The molecule has 2 nitrogen and oxygen atoms in total. The minimum absolute atomic E-state index is 0.0788. The molecule has 0 aliphatic heterocycles. The van der Waals surface area contributed by atoms with Gasteiger partial charge >= 0.3 is 0 Å². The van der Waals surface area contributed by atoms with Crippen molar-refractivity contribution in [3.05, 3.63) is 34.3 Å². The first-order valence-corrected chi connectivity index (χ1v) is 7.10. The van der Waals surface area contributed by atoms with Crippen molar-refractivity contribution in [1.29, 1.82) is 0 Å². The molecule has 1 aromatic rings. The first-order chi connectivity index (χ1) is 7.61. The van der Waals surface area contributed by atoms with E-state index in [2.05, 4.69) is 44.1 Å². The van der Waals surface area contributed by atoms with Crippen LogP contribution in [0.25, 0.3) is 0 Å². The number of benzene rings is 1. The van der Waals surface area contributed by atoms with Gasteiger partial charge in [0.1, 0.15) is 0 Å². The van der Waals surface area contributed by atoms with Gasteiger partial charge in [0.15, 0.2) is 0 Å². The zero-order valence-corrected chi connectivity index (χ0v) is 12.3. The lowest BCUT2D eigenvalue weighted by Crippen LogP contribution is -2.30. The summed E-state index contributed by atoms with van der Waals surface area (Å²) in [6.07, 6.45) is 0.447. The molecule has 0 saturated heterocycles. The lowest BCUT2D eigenvalue weighted by Gasteiger charge is -2.09. The number of hydrogen-bond donors (Lipinski definition) is 1. The molecular weight excluding hydrogens is 334 g/mol. The van der Waals surface area contributed by atoms with Crippen LogP contribution >= 0.6 is 31.9 Å². The van der Waals surface area contributed by atoms with E-state index in [1.807, 2.05) is 24.3 Å². The van der Waals surface area contributed by atoms with E-state index in [0.29, 0.717) is 12.3 Å². The fraction of sp³-hybridized carbons (Fsp3) is 0.417. The fourth-order valence-electron chi connectivity index (χ4n) is 1.19. The van der Waals surface area contributed by atoms with E-state index in [4.69, 9.17) is 0 Å². The Bertz CT molecular complexity index is 337. The second-order valence-corrected chi connectivity index (χ2v) is 5.43. The molecule has 0 saturated carbocycles. The zero-order valence-electron chi connectivity index (χ0n) is 9.17. The number of amides is 1. The molecule has 1 unspecified atom stereocenters. The van der Waals surface area contributed by atoms with Crippen LogP contribution in [0.15, 0.2) is 28.7 Å². The van der Waals surface area contributed by atoms with E-state index in [1.165, 1.54) is 0 Å². The second-order valence-electron chi connectivity index (χ2n) is 3.87. The smallest absolute Gasteiger partial charge is 0.224 e. The van der Waals surface area contributed by atoms with E-state index in [9.17, 15) is 4.79 Å². The van der Waals surface area contributed by atoms with Crippen LogP contribution in [0.1, 0.15) is 12.5 Å². The number of alkyl halides is 1. The number of nitrogens with one attached hydrogen (secondary N) is 1. The van der Waals surface area contributed by atoms with Crippen molar-refractivity contribution < 1.29 is 4.79 Å². The molecule has 0 aliphatic rings. The van der Waals surface area contributed by atoms with Gasteiger partial charge < -0.3 is 5.32 Å². The second kappa shape index (κ2) is 7.07. The van der Waals surface area contributed by atoms with E-state index >= 15 is 0 Å². The third kappa shape index (κ3) is 5.12. The van der Waals surface area contributed by atoms with Gasteiger partial charge in [-0.05, 0) is 23.6 Å². The molecule has 1 N–H and O–H groups in total. The predicted molar refractivity (Wildman–Crippen MR) is 73.8 cm³/mol. The van der Waals surface area contributed by atoms with Gasteiger partial charge in [-0.25, -0.2) is 0 Å². The summed E-state index contributed by atoms with van der Waals surface area (Å²) in [6, 6.07) is 7.81. The Morgan fingerprint density at radius 1 is 1.38 bits per heavy atom. The molecule has 16 heavy (non-hydrogen) atoms. The summed E-state index contributed by atoms with van der Waals surface area (Å²) in [5.41, 5.74) is 1.03. The molecule has 1 aromatic carbocycles. The van der Waals surface area contributed by atoms with Crippen LogP contribution in [0, 0.1) is 5.92 Å². The third-order valence-electron chi connectivity index (χ3n) is 2.19. The van der Waals surface area contributed by atoms with Crippen molar-refractivity contribution in [1.82, 2.24) is 5.32 Å². The van der Waals surface area contributed by atoms with E-state index in [-0.39, 0.29) is 5.91 Å². The van der Waals surface area contributed by atoms with Gasteiger partial charge in [-0.2, -0.15) is 0 Å². The first kappa shape index (κ1) is 13.7. The molecule has 1 atom stereocenters. The van der Waals surface area contributed by atoms with Crippen LogP contribution in [0.5, 0.6) is 0 Å². The Labute approximate surface area is 113 Å². The van der Waals surface area contributed by atoms with Crippen molar-refractivity contribution in [2.45, 2.75) is 13.3 Å². The summed E-state index contributed by atoms with van der Waals surface area (Å²) in [6.45, 7) is 2.81. The van der Waals surface area contributed by atoms with E-state index in [0.717, 1.165) is 21.9 Å². The molecular formula is C12H15Br2NO. The van der Waals surface area contributed by atoms with Crippen LogP contribution in [-0.2, 0) is 11.2 Å². The fourth-order valence-corrected chi connectivity index (χ4v) is 1.69. The quantitative estimate of drug-likeness (QED) is 0.814. The molecule has 0 aromatic heterocycles. The highest BCUT2D eigenvalue weighted by molar-refractivity contribution is 9.10. The molecule has 88 valence electrons. The van der Waals surface area contributed by atoms with Crippen molar-refractivity contribution in [3.8, 4) is 0 Å². The van der Waals surface area contributed by atoms with Crippen molar-refractivity contribution in [3.63, 3.8) is 0 Å². The van der Waals surface area contributed by atoms with Crippen LogP contribution < -0.4 is 5.32 Å². The maximum atomic E-state index is 11.6. The minimum Gasteiger partial charge on any atom is -0.356 e. The Morgan fingerprint density at radius 2 is 2.00 bits per heavy atom. The minimum atomic E-state index is 0.0788. The Hall–Kier alpha value is -0.350. The van der Waals surface area contributed by atoms with Crippen LogP contribution in [-0.4, -0.2) is 17.8 Å². The van der Waals surface area contributed by atoms with Gasteiger partial charge in [0, 0.05) is 16.3 Å². The van der Waals surface area contributed by atoms with Crippen LogP contribution in [0.2, 0.25) is 0 Å². The number of hydrogen-bond acceptors (Lipinski definition) is 1. The molecule has 0 spiro atoms. The lowest BCUT2D eigenvalue weighted by molar-refractivity contribution is -0.120. The largest absolute Gasteiger partial charge is 0.356 e. The highest BCUT2D eigenvalue weighted by atomic mass is 79.9. The summed E-state index contributed by atoms with van der Waals surface area (Å²) in [5, 5.41) is 3.82. The summed E-state index contributed by atoms with van der Waals surface area (Å²) in [7, 11) is 0. The maximum Gasteiger partial charge on any atom is 0.224 e. The van der Waals surface area contributed by atoms with Crippen molar-refractivity contribution >= 4 is 37.8 Å². The van der Waals surface area contributed by atoms with Gasteiger partial charge in [0.2, 0.25) is 5.91 Å². The SMILES string of the molecule is CC(CBr)CNC(=O)Cc1ccc(Br)cc1. The Morgan fingerprint density at radius 3 is 2.56 bits per heavy atom. The van der Waals surface area contributed by atoms with Gasteiger partial charge in [-0.15, -0.1) is 0 Å². The van der Waals surface area contributed by atoms with Gasteiger partial charge in [0.05, 0.1) is 6.42 Å². The van der Waals surface area contributed by atoms with Crippen molar-refractivity contribution in [2.75, 3.05) is 11.9 Å². The molecule has 4 heteroatoms. The lowest BCUT2D eigenvalue weighted by atomic mass is 10.1. The summed E-state index contributed by atoms with van der Waals surface area (Å²) >= 11 is 6.75. The highest BCUT2D eigenvalue weighted by Crippen LogP contribution is 2.10. The molecule has 0 radical (unpaired) electrons. The van der Waals surface area contributed by atoms with Gasteiger partial charge in [0.25, 0.3) is 0 Å². The van der Waals surface area contributed by atoms with E-state index < -0.39 is 0 Å². The monoisotopic (exact) mass is 347 g/mol. The zero-order chi connectivity index (χ0) is 12.0. The summed E-state index contributed by atoms with van der Waals surface area (Å²) in [5.74, 6) is 0.545. The number of halogens is 2. The normalized spacial score (nSPS) is 12.2. The average Bonchev–Trinajstić information content (AvgIpc) is 2.29. The standard InChI is InChI=1S/C12H15Br2NO/c1-9(7-13)8-15-12(16)6-10-2-4-11(14)5-3-10/h2-5,9H,6-8H2,1H3,(H,15,16). The molecule has 1 rings (SSSR count). The summed E-state index contributed by atoms with van der Waals surface area (Å²) < 4.78 is 1.03. The number of carbonyl (C=O) groups excluding carboxylic acids is 1. The maximum absolute atomic E-state index is 11.6. The Balaban J connectivity index is 2.37. The van der Waals surface area contributed by atoms with Crippen LogP contribution in [0.4, 0.5) is 0 Å². The molecule has 0 heterocycles. The topological polar surface area (TPSA) is 29.1 Å². The first-order valence-electron chi connectivity index (χ1n) is 5.19. The molecule has 0 aliphatic carbocycles. The van der Waals surface area contributed by atoms with Gasteiger partial charge in [-0.3, -0.25) is 4.79 Å². The predicted octanol–water partition coefficient (Wildman–Crippen LogP) is 3.14. The molecule has 1 amide bonds. The third-order valence-corrected chi connectivity index (χ3v) is 3.82. The van der Waals surface area contributed by atoms with Crippen LogP contribution in [0.3, 0.4) is 0 Å². The molecule has 0 fully saturated rings. The van der Waals surface area contributed by atoms with Crippen molar-refractivity contribution in [2.24, 2.45) is 5.92 Å². The highest BCUT2D eigenvalue weighted by Gasteiger charge is 2.05. The summed E-state index contributed by atoms with van der Waals surface area (Å²) in [4.78, 5) is 11.6. The number of rotatable bonds is 5. The Kier molecular flexibility index (Phi) is 6.06.